The van der Waals surface area contributed by atoms with Gasteiger partial charge in [-0.2, -0.15) is 0 Å². The predicted molar refractivity (Wildman–Crippen MR) is 61.3 cm³/mol. The lowest BCUT2D eigenvalue weighted by Gasteiger charge is -2.38. The molecular weight excluding hydrogens is 220 g/mol. The van der Waals surface area contributed by atoms with Gasteiger partial charge in [-0.1, -0.05) is 12.1 Å². The summed E-state index contributed by atoms with van der Waals surface area (Å²) in [4.78, 5) is 22.7. The predicted octanol–water partition coefficient (Wildman–Crippen LogP) is 1.69. The highest BCUT2D eigenvalue weighted by Crippen LogP contribution is 2.46. The first-order chi connectivity index (χ1) is 8.01. The molecule has 17 heavy (non-hydrogen) atoms. The van der Waals surface area contributed by atoms with Gasteiger partial charge in [-0.15, -0.1) is 0 Å². The van der Waals surface area contributed by atoms with Gasteiger partial charge in [-0.25, -0.2) is 0 Å². The summed E-state index contributed by atoms with van der Waals surface area (Å²) in [6.07, 6.45) is 0.118. The number of aryl methyl sites for hydroxylation is 1. The smallest absolute Gasteiger partial charge is 0.315 e. The Balaban J connectivity index is 2.58. The summed E-state index contributed by atoms with van der Waals surface area (Å²) < 4.78 is 5.22. The van der Waals surface area contributed by atoms with Gasteiger partial charge in [0.15, 0.2) is 0 Å². The quantitative estimate of drug-likeness (QED) is 0.864. The standard InChI is InChI=1S/C13H14O4/c1-8-4-3-5-10(17-2)11(8)13(12(15)16)6-9(14)7-13/h3-5H,6-7H2,1-2H3,(H,15,16). The Morgan fingerprint density at radius 3 is 2.53 bits per heavy atom. The molecule has 0 bridgehead atoms. The van der Waals surface area contributed by atoms with Crippen molar-refractivity contribution in [1.82, 2.24) is 0 Å². The van der Waals surface area contributed by atoms with Gasteiger partial charge in [-0.3, -0.25) is 9.59 Å². The Morgan fingerprint density at radius 1 is 1.41 bits per heavy atom. The van der Waals surface area contributed by atoms with Crippen molar-refractivity contribution in [1.29, 1.82) is 0 Å². The van der Waals surface area contributed by atoms with E-state index in [1.165, 1.54) is 7.11 Å². The molecule has 2 rings (SSSR count). The largest absolute Gasteiger partial charge is 0.496 e. The van der Waals surface area contributed by atoms with Crippen LogP contribution in [-0.4, -0.2) is 24.0 Å². The third-order valence-electron chi connectivity index (χ3n) is 3.34. The molecule has 0 aromatic heterocycles. The highest BCUT2D eigenvalue weighted by Gasteiger charge is 2.53. The summed E-state index contributed by atoms with van der Waals surface area (Å²) in [6, 6.07) is 5.38. The Bertz CT molecular complexity index is 482. The number of hydrogen-bond acceptors (Lipinski definition) is 3. The van der Waals surface area contributed by atoms with Crippen molar-refractivity contribution in [3.8, 4) is 5.75 Å². The third kappa shape index (κ3) is 1.60. The molecule has 0 amide bonds. The Hall–Kier alpha value is -1.84. The summed E-state index contributed by atoms with van der Waals surface area (Å²) in [7, 11) is 1.51. The molecule has 0 saturated heterocycles. The normalized spacial score (nSPS) is 17.4. The minimum absolute atomic E-state index is 0.0160. The van der Waals surface area contributed by atoms with Crippen molar-refractivity contribution in [2.24, 2.45) is 0 Å². The highest BCUT2D eigenvalue weighted by molar-refractivity contribution is 6.02. The molecule has 1 aliphatic carbocycles. The fraction of sp³-hybridized carbons (Fsp3) is 0.385. The van der Waals surface area contributed by atoms with Crippen LogP contribution in [0.1, 0.15) is 24.0 Å². The molecule has 1 aliphatic rings. The van der Waals surface area contributed by atoms with Gasteiger partial charge in [-0.05, 0) is 18.6 Å². The lowest BCUT2D eigenvalue weighted by atomic mass is 9.62. The number of ketones is 1. The van der Waals surface area contributed by atoms with Gasteiger partial charge in [0.2, 0.25) is 0 Å². The van der Waals surface area contributed by atoms with E-state index in [1.807, 2.05) is 19.1 Å². The molecule has 0 heterocycles. The molecule has 0 spiro atoms. The number of carboxylic acid groups (broad SMARTS) is 1. The molecule has 4 heteroatoms. The van der Waals surface area contributed by atoms with Crippen LogP contribution in [0.2, 0.25) is 0 Å². The van der Waals surface area contributed by atoms with Crippen molar-refractivity contribution in [3.05, 3.63) is 29.3 Å². The van der Waals surface area contributed by atoms with Crippen molar-refractivity contribution >= 4 is 11.8 Å². The number of aliphatic carboxylic acids is 1. The zero-order valence-corrected chi connectivity index (χ0v) is 9.82. The minimum Gasteiger partial charge on any atom is -0.496 e. The van der Waals surface area contributed by atoms with Gasteiger partial charge in [0, 0.05) is 18.4 Å². The van der Waals surface area contributed by atoms with Gasteiger partial charge >= 0.3 is 5.97 Å². The lowest BCUT2D eigenvalue weighted by molar-refractivity contribution is -0.153. The number of Topliss-reactive ketones (excluding diaryl/α,β-unsaturated/α-hetero) is 1. The fourth-order valence-electron chi connectivity index (χ4n) is 2.48. The second kappa shape index (κ2) is 3.87. The summed E-state index contributed by atoms with van der Waals surface area (Å²) in [6.45, 7) is 1.84. The minimum atomic E-state index is -1.09. The maximum absolute atomic E-state index is 11.5. The first kappa shape index (κ1) is 11.6. The topological polar surface area (TPSA) is 63.6 Å². The number of carbonyl (C=O) groups is 2. The average Bonchev–Trinajstić information content (AvgIpc) is 2.24. The van der Waals surface area contributed by atoms with Crippen LogP contribution < -0.4 is 4.74 Å². The van der Waals surface area contributed by atoms with Crippen LogP contribution in [0.4, 0.5) is 0 Å². The van der Waals surface area contributed by atoms with E-state index in [9.17, 15) is 14.7 Å². The summed E-state index contributed by atoms with van der Waals surface area (Å²) in [5.74, 6) is -0.428. The molecule has 1 saturated carbocycles. The second-order valence-electron chi connectivity index (χ2n) is 4.43. The van der Waals surface area contributed by atoms with Gasteiger partial charge in [0.25, 0.3) is 0 Å². The second-order valence-corrected chi connectivity index (χ2v) is 4.43. The molecule has 1 aromatic rings. The van der Waals surface area contributed by atoms with Crippen LogP contribution in [0.25, 0.3) is 0 Å². The number of methoxy groups -OCH3 is 1. The van der Waals surface area contributed by atoms with E-state index >= 15 is 0 Å². The van der Waals surface area contributed by atoms with Crippen LogP contribution in [0.5, 0.6) is 5.75 Å². The number of hydrogen-bond donors (Lipinski definition) is 1. The summed E-state index contributed by atoms with van der Waals surface area (Å²) >= 11 is 0. The number of carbonyl (C=O) groups excluding carboxylic acids is 1. The monoisotopic (exact) mass is 234 g/mol. The van der Waals surface area contributed by atoms with E-state index in [-0.39, 0.29) is 18.6 Å². The van der Waals surface area contributed by atoms with E-state index in [0.717, 1.165) is 5.56 Å². The average molecular weight is 234 g/mol. The van der Waals surface area contributed by atoms with Crippen LogP contribution in [-0.2, 0) is 15.0 Å². The molecule has 0 unspecified atom stereocenters. The Labute approximate surface area is 99.2 Å². The summed E-state index contributed by atoms with van der Waals surface area (Å²) in [5, 5.41) is 9.39. The van der Waals surface area contributed by atoms with Gasteiger partial charge < -0.3 is 9.84 Å². The molecule has 0 radical (unpaired) electrons. The van der Waals surface area contributed by atoms with Gasteiger partial charge in [0.1, 0.15) is 16.9 Å². The maximum Gasteiger partial charge on any atom is 0.315 e. The maximum atomic E-state index is 11.5. The molecule has 90 valence electrons. The van der Waals surface area contributed by atoms with E-state index in [2.05, 4.69) is 0 Å². The highest BCUT2D eigenvalue weighted by atomic mass is 16.5. The number of rotatable bonds is 3. The van der Waals surface area contributed by atoms with E-state index < -0.39 is 11.4 Å². The first-order valence-corrected chi connectivity index (χ1v) is 5.40. The molecule has 0 aliphatic heterocycles. The third-order valence-corrected chi connectivity index (χ3v) is 3.34. The first-order valence-electron chi connectivity index (χ1n) is 5.40. The van der Waals surface area contributed by atoms with Crippen molar-refractivity contribution in [3.63, 3.8) is 0 Å². The molecule has 1 aromatic carbocycles. The van der Waals surface area contributed by atoms with Gasteiger partial charge in [0.05, 0.1) is 7.11 Å². The lowest BCUT2D eigenvalue weighted by Crippen LogP contribution is -2.48. The fourth-order valence-corrected chi connectivity index (χ4v) is 2.48. The van der Waals surface area contributed by atoms with Crippen LogP contribution in [0.15, 0.2) is 18.2 Å². The van der Waals surface area contributed by atoms with Crippen LogP contribution in [0, 0.1) is 6.92 Å². The van der Waals surface area contributed by atoms with E-state index in [0.29, 0.717) is 11.3 Å². The molecule has 1 fully saturated rings. The van der Waals surface area contributed by atoms with E-state index in [4.69, 9.17) is 4.74 Å². The zero-order chi connectivity index (χ0) is 12.6. The number of benzene rings is 1. The van der Waals surface area contributed by atoms with Crippen molar-refractivity contribution < 1.29 is 19.4 Å². The molecule has 1 N–H and O–H groups in total. The van der Waals surface area contributed by atoms with E-state index in [1.54, 1.807) is 6.07 Å². The number of carboxylic acids is 1. The molecular formula is C13H14O4. The summed E-state index contributed by atoms with van der Waals surface area (Å²) in [5.41, 5.74) is 0.391. The van der Waals surface area contributed by atoms with Crippen LogP contribution in [0.3, 0.4) is 0 Å². The zero-order valence-electron chi connectivity index (χ0n) is 9.82. The van der Waals surface area contributed by atoms with Crippen molar-refractivity contribution in [2.45, 2.75) is 25.2 Å². The Morgan fingerprint density at radius 2 is 2.06 bits per heavy atom. The Kier molecular flexibility index (Phi) is 2.65. The SMILES string of the molecule is COc1cccc(C)c1C1(C(=O)O)CC(=O)C1. The number of ether oxygens (including phenoxy) is 1. The van der Waals surface area contributed by atoms with Crippen LogP contribution >= 0.6 is 0 Å². The van der Waals surface area contributed by atoms with Crippen molar-refractivity contribution in [2.75, 3.05) is 7.11 Å². The molecule has 4 nitrogen and oxygen atoms in total. The molecule has 0 atom stereocenters.